The number of amides is 1. The predicted octanol–water partition coefficient (Wildman–Crippen LogP) is 1.84. The van der Waals surface area contributed by atoms with Gasteiger partial charge in [-0.15, -0.1) is 5.10 Å². The highest BCUT2D eigenvalue weighted by Gasteiger charge is 2.15. The third kappa shape index (κ3) is 3.53. The number of aromatic amines is 1. The van der Waals surface area contributed by atoms with Crippen LogP contribution in [0.3, 0.4) is 0 Å². The molecule has 0 fully saturated rings. The molecule has 10 heteroatoms. The number of benzene rings is 2. The molecule has 1 atom stereocenters. The zero-order valence-corrected chi connectivity index (χ0v) is 15.3. The molecular weight excluding hydrogens is 382 g/mol. The molecule has 2 aromatic carbocycles. The van der Waals surface area contributed by atoms with Crippen molar-refractivity contribution in [1.82, 2.24) is 30.5 Å². The molecular formula is C18H16ClN7O2. The summed E-state index contributed by atoms with van der Waals surface area (Å²) in [5, 5.41) is 28.8. The van der Waals surface area contributed by atoms with Crippen molar-refractivity contribution in [2.45, 2.75) is 6.10 Å². The average molecular weight is 398 g/mol. The molecule has 9 nitrogen and oxygen atoms in total. The standard InChI is InChI=1S/C18H16ClN7O2/c19-11-3-1-10(2-4-11)16(27)8-21-18(28)15-9-26(25-23-15)12-5-6-14-13(7-12)17(20)24-22-14/h1-7,9,16,27H,8H2,(H,21,28)(H3,20,22,24). The molecule has 4 aromatic rings. The number of halogens is 1. The Hall–Kier alpha value is -3.43. The number of rotatable bonds is 5. The van der Waals surface area contributed by atoms with Crippen LogP contribution in [0.1, 0.15) is 22.2 Å². The van der Waals surface area contributed by atoms with Crippen molar-refractivity contribution in [3.63, 3.8) is 0 Å². The highest BCUT2D eigenvalue weighted by Crippen LogP contribution is 2.21. The highest BCUT2D eigenvalue weighted by molar-refractivity contribution is 6.30. The van der Waals surface area contributed by atoms with Crippen molar-refractivity contribution in [1.29, 1.82) is 0 Å². The Kier molecular flexibility index (Phi) is 4.68. The number of nitrogens with zero attached hydrogens (tertiary/aromatic N) is 4. The first-order chi connectivity index (χ1) is 13.5. The maximum Gasteiger partial charge on any atom is 0.273 e. The van der Waals surface area contributed by atoms with Gasteiger partial charge in [-0.1, -0.05) is 28.9 Å². The van der Waals surface area contributed by atoms with E-state index < -0.39 is 12.0 Å². The van der Waals surface area contributed by atoms with Crippen LogP contribution in [0.25, 0.3) is 16.6 Å². The maximum absolute atomic E-state index is 12.3. The van der Waals surface area contributed by atoms with Gasteiger partial charge in [0.2, 0.25) is 0 Å². The summed E-state index contributed by atoms with van der Waals surface area (Å²) in [6.45, 7) is 0.0326. The van der Waals surface area contributed by atoms with Crippen molar-refractivity contribution in [2.24, 2.45) is 0 Å². The van der Waals surface area contributed by atoms with E-state index in [1.54, 1.807) is 36.4 Å². The number of hydrogen-bond acceptors (Lipinski definition) is 6. The van der Waals surface area contributed by atoms with Crippen LogP contribution in [0, 0.1) is 0 Å². The summed E-state index contributed by atoms with van der Waals surface area (Å²) in [5.74, 6) is -0.0608. The second-order valence-electron chi connectivity index (χ2n) is 6.16. The first-order valence-electron chi connectivity index (χ1n) is 8.39. The molecule has 28 heavy (non-hydrogen) atoms. The largest absolute Gasteiger partial charge is 0.387 e. The fraction of sp³-hybridized carbons (Fsp3) is 0.111. The summed E-state index contributed by atoms with van der Waals surface area (Å²) < 4.78 is 1.47. The molecule has 1 amide bonds. The van der Waals surface area contributed by atoms with Crippen molar-refractivity contribution >= 4 is 34.2 Å². The van der Waals surface area contributed by atoms with Crippen LogP contribution in [-0.2, 0) is 0 Å². The SMILES string of the molecule is Nc1n[nH]c2ccc(-n3cc(C(=O)NCC(O)c4ccc(Cl)cc4)nn3)cc12. The van der Waals surface area contributed by atoms with Crippen molar-refractivity contribution in [3.05, 3.63) is 64.9 Å². The highest BCUT2D eigenvalue weighted by atomic mass is 35.5. The van der Waals surface area contributed by atoms with E-state index in [0.29, 0.717) is 22.1 Å². The molecule has 0 radical (unpaired) electrons. The molecule has 1 unspecified atom stereocenters. The number of anilines is 1. The number of carbonyl (C=O) groups is 1. The number of aromatic nitrogens is 5. The molecule has 0 aliphatic carbocycles. The van der Waals surface area contributed by atoms with Gasteiger partial charge >= 0.3 is 0 Å². The van der Waals surface area contributed by atoms with Crippen LogP contribution in [0.2, 0.25) is 5.02 Å². The lowest BCUT2D eigenvalue weighted by Gasteiger charge is -2.11. The van der Waals surface area contributed by atoms with Crippen LogP contribution >= 0.6 is 11.6 Å². The summed E-state index contributed by atoms with van der Waals surface area (Å²) in [6.07, 6.45) is 0.643. The second-order valence-corrected chi connectivity index (χ2v) is 6.60. The number of H-pyrrole nitrogens is 1. The zero-order chi connectivity index (χ0) is 19.7. The van der Waals surface area contributed by atoms with Gasteiger partial charge in [-0.3, -0.25) is 9.89 Å². The monoisotopic (exact) mass is 397 g/mol. The Morgan fingerprint density at radius 3 is 2.86 bits per heavy atom. The number of nitrogen functional groups attached to an aromatic ring is 1. The molecule has 0 aliphatic rings. The summed E-state index contributed by atoms with van der Waals surface area (Å²) >= 11 is 5.83. The van der Waals surface area contributed by atoms with E-state index in [-0.39, 0.29) is 12.2 Å². The first-order valence-corrected chi connectivity index (χ1v) is 8.77. The number of aliphatic hydroxyl groups excluding tert-OH is 1. The Labute approximate surface area is 164 Å². The molecule has 142 valence electrons. The Balaban J connectivity index is 1.45. The van der Waals surface area contributed by atoms with Gasteiger partial charge in [0, 0.05) is 17.0 Å². The predicted molar refractivity (Wildman–Crippen MR) is 104 cm³/mol. The van der Waals surface area contributed by atoms with Crippen molar-refractivity contribution in [2.75, 3.05) is 12.3 Å². The molecule has 4 rings (SSSR count). The normalized spacial score (nSPS) is 12.2. The quantitative estimate of drug-likeness (QED) is 0.406. The van der Waals surface area contributed by atoms with Gasteiger partial charge in [-0.2, -0.15) is 5.10 Å². The van der Waals surface area contributed by atoms with Crippen LogP contribution in [-0.4, -0.2) is 42.7 Å². The van der Waals surface area contributed by atoms with Gasteiger partial charge in [0.25, 0.3) is 5.91 Å². The third-order valence-electron chi connectivity index (χ3n) is 4.28. The van der Waals surface area contributed by atoms with E-state index in [0.717, 1.165) is 10.9 Å². The van der Waals surface area contributed by atoms with Gasteiger partial charge in [0.1, 0.15) is 0 Å². The Morgan fingerprint density at radius 2 is 2.07 bits per heavy atom. The van der Waals surface area contributed by atoms with Gasteiger partial charge in [-0.25, -0.2) is 4.68 Å². The molecule has 2 aromatic heterocycles. The fourth-order valence-corrected chi connectivity index (χ4v) is 2.87. The van der Waals surface area contributed by atoms with Gasteiger partial charge in [0.05, 0.1) is 23.5 Å². The number of aliphatic hydroxyl groups is 1. The van der Waals surface area contributed by atoms with Crippen LogP contribution in [0.4, 0.5) is 5.82 Å². The molecule has 2 heterocycles. The second kappa shape index (κ2) is 7.29. The fourth-order valence-electron chi connectivity index (χ4n) is 2.74. The van der Waals surface area contributed by atoms with E-state index >= 15 is 0 Å². The van der Waals surface area contributed by atoms with E-state index in [2.05, 4.69) is 25.8 Å². The lowest BCUT2D eigenvalue weighted by molar-refractivity contribution is 0.0911. The minimum atomic E-state index is -0.859. The van der Waals surface area contributed by atoms with Gasteiger partial charge in [-0.05, 0) is 35.9 Å². The maximum atomic E-state index is 12.3. The summed E-state index contributed by atoms with van der Waals surface area (Å²) in [5.41, 5.74) is 8.09. The van der Waals surface area contributed by atoms with Crippen molar-refractivity contribution < 1.29 is 9.90 Å². The number of fused-ring (bicyclic) bond motifs is 1. The average Bonchev–Trinajstić information content (AvgIpc) is 3.34. The summed E-state index contributed by atoms with van der Waals surface area (Å²) in [4.78, 5) is 12.3. The topological polar surface area (TPSA) is 135 Å². The molecule has 5 N–H and O–H groups in total. The molecule has 0 aliphatic heterocycles. The molecule has 0 bridgehead atoms. The lowest BCUT2D eigenvalue weighted by Crippen LogP contribution is -2.28. The van der Waals surface area contributed by atoms with Crippen molar-refractivity contribution in [3.8, 4) is 5.69 Å². The van der Waals surface area contributed by atoms with E-state index in [4.69, 9.17) is 17.3 Å². The number of carbonyl (C=O) groups excluding carboxylic acids is 1. The summed E-state index contributed by atoms with van der Waals surface area (Å²) in [6, 6.07) is 12.2. The third-order valence-corrected chi connectivity index (χ3v) is 4.53. The molecule has 0 saturated heterocycles. The zero-order valence-electron chi connectivity index (χ0n) is 14.5. The minimum Gasteiger partial charge on any atom is -0.387 e. The number of hydrogen-bond donors (Lipinski definition) is 4. The van der Waals surface area contributed by atoms with Gasteiger partial charge < -0.3 is 16.2 Å². The number of nitrogens with one attached hydrogen (secondary N) is 2. The van der Waals surface area contributed by atoms with Gasteiger partial charge in [0.15, 0.2) is 11.5 Å². The van der Waals surface area contributed by atoms with Crippen LogP contribution < -0.4 is 11.1 Å². The van der Waals surface area contributed by atoms with E-state index in [9.17, 15) is 9.90 Å². The van der Waals surface area contributed by atoms with Crippen LogP contribution in [0.5, 0.6) is 0 Å². The van der Waals surface area contributed by atoms with E-state index in [1.165, 1.54) is 10.9 Å². The first kappa shape index (κ1) is 18.0. The minimum absolute atomic E-state index is 0.0326. The summed E-state index contributed by atoms with van der Waals surface area (Å²) in [7, 11) is 0. The Morgan fingerprint density at radius 1 is 1.29 bits per heavy atom. The molecule has 0 saturated carbocycles. The van der Waals surface area contributed by atoms with Crippen LogP contribution in [0.15, 0.2) is 48.7 Å². The smallest absolute Gasteiger partial charge is 0.273 e. The lowest BCUT2D eigenvalue weighted by atomic mass is 10.1. The Bertz CT molecular complexity index is 1140. The number of nitrogens with two attached hydrogens (primary N) is 1. The van der Waals surface area contributed by atoms with E-state index in [1.807, 2.05) is 6.07 Å². The molecule has 0 spiro atoms.